The van der Waals surface area contributed by atoms with E-state index in [1.165, 1.54) is 52.2 Å². The molecule has 1 aliphatic carbocycles. The number of pyridine rings is 2. The second kappa shape index (κ2) is 10.4. The van der Waals surface area contributed by atoms with Crippen molar-refractivity contribution in [1.29, 1.82) is 0 Å². The van der Waals surface area contributed by atoms with Gasteiger partial charge in [-0.2, -0.15) is 0 Å². The van der Waals surface area contributed by atoms with Gasteiger partial charge in [0.15, 0.2) is 0 Å². The van der Waals surface area contributed by atoms with E-state index < -0.39 is 0 Å². The Morgan fingerprint density at radius 1 is 0.455 bits per heavy atom. The van der Waals surface area contributed by atoms with Gasteiger partial charge in [0.25, 0.3) is 0 Å². The molecular formula is C40H26N2S2. The van der Waals surface area contributed by atoms with Gasteiger partial charge >= 0.3 is 0 Å². The summed E-state index contributed by atoms with van der Waals surface area (Å²) >= 11 is 3.60. The zero-order valence-electron chi connectivity index (χ0n) is 23.7. The highest BCUT2D eigenvalue weighted by Crippen LogP contribution is 2.52. The fraction of sp³-hybridized carbons (Fsp3) is 0.0500. The number of nitrogens with zero attached hydrogens (tertiary/aromatic N) is 2. The number of thiophene rings is 2. The Hall–Kier alpha value is -4.90. The summed E-state index contributed by atoms with van der Waals surface area (Å²) in [5.41, 5.74) is 9.38. The lowest BCUT2D eigenvalue weighted by molar-refractivity contribution is 0.670. The molecule has 0 spiro atoms. The number of aromatic nitrogens is 2. The van der Waals surface area contributed by atoms with Crippen molar-refractivity contribution in [2.75, 3.05) is 0 Å². The average molecular weight is 599 g/mol. The van der Waals surface area contributed by atoms with E-state index in [1.54, 1.807) is 22.7 Å². The monoisotopic (exact) mass is 598 g/mol. The third kappa shape index (κ3) is 4.22. The highest BCUT2D eigenvalue weighted by Gasteiger charge is 2.37. The van der Waals surface area contributed by atoms with Crippen LogP contribution in [0.2, 0.25) is 0 Å². The van der Waals surface area contributed by atoms with Crippen LogP contribution in [0, 0.1) is 0 Å². The van der Waals surface area contributed by atoms with E-state index in [0.29, 0.717) is 0 Å². The van der Waals surface area contributed by atoms with Crippen LogP contribution >= 0.6 is 22.7 Å². The molecule has 0 fully saturated rings. The Balaban J connectivity index is 1.24. The number of rotatable bonds is 5. The Labute approximate surface area is 264 Å². The summed E-state index contributed by atoms with van der Waals surface area (Å²) in [6.07, 6.45) is 0. The molecular weight excluding hydrogens is 573 g/mol. The maximum Gasteiger partial charge on any atom is 0.0805 e. The molecule has 0 saturated heterocycles. The number of benzene rings is 4. The fourth-order valence-electron chi connectivity index (χ4n) is 6.79. The second-order valence-corrected chi connectivity index (χ2v) is 13.5. The highest BCUT2D eigenvalue weighted by atomic mass is 32.1. The summed E-state index contributed by atoms with van der Waals surface area (Å²) < 4.78 is 2.56. The van der Waals surface area contributed by atoms with E-state index in [2.05, 4.69) is 146 Å². The smallest absolute Gasteiger partial charge is 0.0805 e. The zero-order valence-corrected chi connectivity index (χ0v) is 25.4. The van der Waals surface area contributed by atoms with E-state index in [1.807, 2.05) is 0 Å². The molecule has 0 bridgehead atoms. The molecule has 0 radical (unpaired) electrons. The Morgan fingerprint density at radius 3 is 1.41 bits per heavy atom. The minimum absolute atomic E-state index is 0.0662. The van der Waals surface area contributed by atoms with Crippen LogP contribution in [0.4, 0.5) is 0 Å². The molecule has 0 amide bonds. The van der Waals surface area contributed by atoms with E-state index in [0.717, 1.165) is 22.8 Å². The molecule has 4 aromatic heterocycles. The zero-order chi connectivity index (χ0) is 29.0. The van der Waals surface area contributed by atoms with Crippen molar-refractivity contribution >= 4 is 42.8 Å². The first-order valence-electron chi connectivity index (χ1n) is 14.9. The first-order chi connectivity index (χ1) is 21.8. The molecule has 0 N–H and O–H groups in total. The molecule has 4 heterocycles. The Bertz CT molecular complexity index is 2100. The van der Waals surface area contributed by atoms with Crippen molar-refractivity contribution in [3.8, 4) is 32.3 Å². The fourth-order valence-corrected chi connectivity index (χ4v) is 8.85. The van der Waals surface area contributed by atoms with Crippen LogP contribution in [-0.2, 0) is 0 Å². The third-order valence-corrected chi connectivity index (χ3v) is 11.0. The van der Waals surface area contributed by atoms with Gasteiger partial charge in [-0.3, -0.25) is 9.97 Å². The van der Waals surface area contributed by atoms with Gasteiger partial charge in [0.2, 0.25) is 0 Å². The van der Waals surface area contributed by atoms with Crippen LogP contribution in [0.15, 0.2) is 146 Å². The molecule has 0 atom stereocenters. The SMILES string of the molecule is c1cc(-c2cc3ccccc3s2)nc(C(c2cccc(-c3cc4ccccc4s3)n2)C2c3ccccc3-c3ccccc32)c1. The predicted octanol–water partition coefficient (Wildman–Crippen LogP) is 11.2. The highest BCUT2D eigenvalue weighted by molar-refractivity contribution is 7.22. The quantitative estimate of drug-likeness (QED) is 0.197. The van der Waals surface area contributed by atoms with Crippen molar-refractivity contribution in [1.82, 2.24) is 9.97 Å². The van der Waals surface area contributed by atoms with E-state index >= 15 is 0 Å². The molecule has 208 valence electrons. The van der Waals surface area contributed by atoms with Crippen LogP contribution < -0.4 is 0 Å². The maximum atomic E-state index is 5.42. The van der Waals surface area contributed by atoms with Crippen LogP contribution in [-0.4, -0.2) is 9.97 Å². The lowest BCUT2D eigenvalue weighted by atomic mass is 9.79. The number of fused-ring (bicyclic) bond motifs is 5. The second-order valence-electron chi connectivity index (χ2n) is 11.3. The predicted molar refractivity (Wildman–Crippen MR) is 186 cm³/mol. The van der Waals surface area contributed by atoms with Gasteiger partial charge in [0, 0.05) is 15.3 Å². The van der Waals surface area contributed by atoms with E-state index in [9.17, 15) is 0 Å². The number of hydrogen-bond acceptors (Lipinski definition) is 4. The average Bonchev–Trinajstić information content (AvgIpc) is 3.80. The van der Waals surface area contributed by atoms with E-state index in [4.69, 9.17) is 9.97 Å². The molecule has 2 nitrogen and oxygen atoms in total. The van der Waals surface area contributed by atoms with Gasteiger partial charge in [-0.15, -0.1) is 22.7 Å². The molecule has 0 saturated carbocycles. The van der Waals surface area contributed by atoms with Crippen molar-refractivity contribution in [2.24, 2.45) is 0 Å². The molecule has 44 heavy (non-hydrogen) atoms. The summed E-state index contributed by atoms with van der Waals surface area (Å²) in [4.78, 5) is 13.2. The molecule has 8 aromatic rings. The van der Waals surface area contributed by atoms with Crippen molar-refractivity contribution < 1.29 is 0 Å². The van der Waals surface area contributed by atoms with Crippen LogP contribution in [0.5, 0.6) is 0 Å². The lowest BCUT2D eigenvalue weighted by Crippen LogP contribution is -2.15. The lowest BCUT2D eigenvalue weighted by Gasteiger charge is -2.26. The molecule has 4 heteroatoms. The van der Waals surface area contributed by atoms with Gasteiger partial charge in [0.05, 0.1) is 38.4 Å². The molecule has 1 aliphatic rings. The summed E-state index contributed by atoms with van der Waals surface area (Å²) in [6, 6.07) is 52.4. The summed E-state index contributed by atoms with van der Waals surface area (Å²) in [6.45, 7) is 0. The maximum absolute atomic E-state index is 5.42. The van der Waals surface area contributed by atoms with Gasteiger partial charge in [-0.25, -0.2) is 0 Å². The van der Waals surface area contributed by atoms with Gasteiger partial charge in [-0.05, 0) is 81.6 Å². The number of hydrogen-bond donors (Lipinski definition) is 0. The van der Waals surface area contributed by atoms with Crippen molar-refractivity contribution in [3.63, 3.8) is 0 Å². The van der Waals surface area contributed by atoms with Crippen molar-refractivity contribution in [2.45, 2.75) is 11.8 Å². The summed E-state index contributed by atoms with van der Waals surface area (Å²) in [5, 5.41) is 2.51. The van der Waals surface area contributed by atoms with Crippen LogP contribution in [0.3, 0.4) is 0 Å². The van der Waals surface area contributed by atoms with Gasteiger partial charge < -0.3 is 0 Å². The minimum Gasteiger partial charge on any atom is -0.251 e. The first-order valence-corrected chi connectivity index (χ1v) is 16.5. The van der Waals surface area contributed by atoms with Crippen LogP contribution in [0.1, 0.15) is 34.4 Å². The Kier molecular flexibility index (Phi) is 6.03. The van der Waals surface area contributed by atoms with E-state index in [-0.39, 0.29) is 11.8 Å². The Morgan fingerprint density at radius 2 is 0.909 bits per heavy atom. The molecule has 9 rings (SSSR count). The molecule has 4 aromatic carbocycles. The summed E-state index contributed by atoms with van der Waals surface area (Å²) in [7, 11) is 0. The summed E-state index contributed by atoms with van der Waals surface area (Å²) in [5.74, 6) is 0.0289. The topological polar surface area (TPSA) is 25.8 Å². The standard InChI is InChI=1S/C40H26N2S2/c1-7-21-35-25(11-1)23-37(43-35)31-17-9-19-33(41-31)40(39-29-15-5-3-13-27(29)28-14-4-6-16-30(28)39)34-20-10-18-32(42-34)38-24-26-12-2-8-22-36(26)44-38/h1-24,39-40H. The van der Waals surface area contributed by atoms with Crippen molar-refractivity contribution in [3.05, 3.63) is 168 Å². The normalized spacial score (nSPS) is 12.7. The molecule has 0 aliphatic heterocycles. The van der Waals surface area contributed by atoms with Gasteiger partial charge in [-0.1, -0.05) is 97.1 Å². The minimum atomic E-state index is -0.0662. The molecule has 0 unspecified atom stereocenters. The van der Waals surface area contributed by atoms with Crippen LogP contribution in [0.25, 0.3) is 52.4 Å². The third-order valence-electron chi connectivity index (χ3n) is 8.75. The van der Waals surface area contributed by atoms with Gasteiger partial charge in [0.1, 0.15) is 0 Å². The first kappa shape index (κ1) is 25.6. The largest absolute Gasteiger partial charge is 0.251 e.